The van der Waals surface area contributed by atoms with Crippen molar-refractivity contribution in [2.24, 2.45) is 0 Å². The molecule has 0 aliphatic heterocycles. The molecular weight excluding hydrogens is 299 g/mol. The molecule has 2 atom stereocenters. The van der Waals surface area contributed by atoms with E-state index in [-0.39, 0.29) is 16.6 Å². The first-order chi connectivity index (χ1) is 9.90. The second-order valence-electron chi connectivity index (χ2n) is 4.91. The smallest absolute Gasteiger partial charge is 0.130 e. The van der Waals surface area contributed by atoms with Gasteiger partial charge in [0, 0.05) is 22.7 Å². The van der Waals surface area contributed by atoms with Gasteiger partial charge in [-0.05, 0) is 43.7 Å². The molecule has 0 saturated carbocycles. The van der Waals surface area contributed by atoms with E-state index >= 15 is 0 Å². The highest BCUT2D eigenvalue weighted by Gasteiger charge is 2.19. The molecule has 1 N–H and O–H groups in total. The first kappa shape index (κ1) is 15.9. The molecule has 0 fully saturated rings. The van der Waals surface area contributed by atoms with Crippen molar-refractivity contribution in [3.8, 4) is 0 Å². The van der Waals surface area contributed by atoms with Gasteiger partial charge in [-0.3, -0.25) is 0 Å². The molecule has 2 unspecified atom stereocenters. The Morgan fingerprint density at radius 3 is 2.14 bits per heavy atom. The van der Waals surface area contributed by atoms with Gasteiger partial charge in [0.05, 0.1) is 0 Å². The van der Waals surface area contributed by atoms with E-state index in [1.54, 1.807) is 19.9 Å². The minimum absolute atomic E-state index is 0.0254. The summed E-state index contributed by atoms with van der Waals surface area (Å²) in [5, 5.41) is 3.34. The van der Waals surface area contributed by atoms with Gasteiger partial charge in [-0.15, -0.1) is 0 Å². The van der Waals surface area contributed by atoms with Crippen molar-refractivity contribution in [1.29, 1.82) is 0 Å². The van der Waals surface area contributed by atoms with Gasteiger partial charge in [-0.25, -0.2) is 13.2 Å². The summed E-state index contributed by atoms with van der Waals surface area (Å²) >= 11 is 5.99. The van der Waals surface area contributed by atoms with Crippen LogP contribution in [-0.2, 0) is 0 Å². The van der Waals surface area contributed by atoms with Crippen LogP contribution in [-0.4, -0.2) is 0 Å². The summed E-state index contributed by atoms with van der Waals surface area (Å²) in [7, 11) is 0. The van der Waals surface area contributed by atoms with Crippen molar-refractivity contribution >= 4 is 11.6 Å². The van der Waals surface area contributed by atoms with Crippen molar-refractivity contribution < 1.29 is 13.2 Å². The number of nitrogens with one attached hydrogen (secondary N) is 1. The van der Waals surface area contributed by atoms with Gasteiger partial charge >= 0.3 is 0 Å². The zero-order valence-corrected chi connectivity index (χ0v) is 12.4. The summed E-state index contributed by atoms with van der Waals surface area (Å²) in [6.45, 7) is 3.46. The van der Waals surface area contributed by atoms with Gasteiger partial charge in [0.1, 0.15) is 17.5 Å². The lowest BCUT2D eigenvalue weighted by atomic mass is 10.0. The van der Waals surface area contributed by atoms with Crippen LogP contribution in [0.3, 0.4) is 0 Å². The lowest BCUT2D eigenvalue weighted by Gasteiger charge is -2.22. The molecule has 0 amide bonds. The molecule has 2 aromatic rings. The maximum absolute atomic E-state index is 13.7. The minimum Gasteiger partial charge on any atom is -0.303 e. The van der Waals surface area contributed by atoms with Crippen LogP contribution in [0.5, 0.6) is 0 Å². The normalized spacial score (nSPS) is 14.0. The molecule has 5 heteroatoms. The molecule has 0 aromatic heterocycles. The van der Waals surface area contributed by atoms with Gasteiger partial charge < -0.3 is 5.32 Å². The summed E-state index contributed by atoms with van der Waals surface area (Å²) < 4.78 is 40.5. The minimum atomic E-state index is -0.604. The van der Waals surface area contributed by atoms with Crippen LogP contribution in [0, 0.1) is 17.5 Å². The van der Waals surface area contributed by atoms with Gasteiger partial charge in [-0.2, -0.15) is 0 Å². The van der Waals surface area contributed by atoms with Crippen LogP contribution >= 0.6 is 11.6 Å². The Labute approximate surface area is 126 Å². The zero-order valence-electron chi connectivity index (χ0n) is 11.6. The quantitative estimate of drug-likeness (QED) is 0.821. The van der Waals surface area contributed by atoms with Crippen molar-refractivity contribution in [2.45, 2.75) is 25.9 Å². The third kappa shape index (κ3) is 3.57. The van der Waals surface area contributed by atoms with Gasteiger partial charge in [0.15, 0.2) is 0 Å². The first-order valence-corrected chi connectivity index (χ1v) is 6.93. The first-order valence-electron chi connectivity index (χ1n) is 6.55. The predicted octanol–water partition coefficient (Wildman–Crippen LogP) is 5.17. The lowest BCUT2D eigenvalue weighted by molar-refractivity contribution is 0.449. The van der Waals surface area contributed by atoms with E-state index in [2.05, 4.69) is 5.32 Å². The Balaban J connectivity index is 2.21. The van der Waals surface area contributed by atoms with Crippen molar-refractivity contribution in [2.75, 3.05) is 0 Å². The highest BCUT2D eigenvalue weighted by Crippen LogP contribution is 2.27. The molecule has 112 valence electrons. The fourth-order valence-electron chi connectivity index (χ4n) is 2.33. The van der Waals surface area contributed by atoms with Crippen LogP contribution in [0.1, 0.15) is 37.1 Å². The number of hydrogen-bond donors (Lipinski definition) is 1. The lowest BCUT2D eigenvalue weighted by Crippen LogP contribution is -2.24. The number of rotatable bonds is 4. The van der Waals surface area contributed by atoms with Crippen molar-refractivity contribution in [1.82, 2.24) is 5.32 Å². The van der Waals surface area contributed by atoms with E-state index in [1.807, 2.05) is 0 Å². The number of halogens is 4. The number of hydrogen-bond acceptors (Lipinski definition) is 1. The highest BCUT2D eigenvalue weighted by atomic mass is 35.5. The molecule has 0 saturated heterocycles. The molecule has 1 nitrogen and oxygen atoms in total. The van der Waals surface area contributed by atoms with Crippen LogP contribution in [0.4, 0.5) is 13.2 Å². The van der Waals surface area contributed by atoms with Crippen LogP contribution in [0.15, 0.2) is 36.4 Å². The number of benzene rings is 2. The Hall–Kier alpha value is -1.52. The molecule has 0 radical (unpaired) electrons. The molecular formula is C16H15ClF3N. The zero-order chi connectivity index (χ0) is 15.6. The summed E-state index contributed by atoms with van der Waals surface area (Å²) in [6.07, 6.45) is 0. The van der Waals surface area contributed by atoms with E-state index in [0.717, 1.165) is 0 Å². The molecule has 0 heterocycles. The van der Waals surface area contributed by atoms with E-state index in [1.165, 1.54) is 30.3 Å². The summed E-state index contributed by atoms with van der Waals surface area (Å²) in [6, 6.07) is 6.98. The summed E-state index contributed by atoms with van der Waals surface area (Å²) in [5.41, 5.74) is 0.643. The molecule has 21 heavy (non-hydrogen) atoms. The Bertz CT molecular complexity index is 625. The van der Waals surface area contributed by atoms with Crippen LogP contribution < -0.4 is 5.32 Å². The SMILES string of the molecule is CC(NC(C)c1c(F)cccc1F)c1ccc(F)cc1Cl. The summed E-state index contributed by atoms with van der Waals surface area (Å²) in [4.78, 5) is 0. The Morgan fingerprint density at radius 1 is 0.952 bits per heavy atom. The fraction of sp³-hybridized carbons (Fsp3) is 0.250. The van der Waals surface area contributed by atoms with E-state index in [0.29, 0.717) is 5.56 Å². The molecule has 0 bridgehead atoms. The van der Waals surface area contributed by atoms with Crippen LogP contribution in [0.25, 0.3) is 0 Å². The maximum atomic E-state index is 13.7. The molecule has 0 aliphatic carbocycles. The van der Waals surface area contributed by atoms with Gasteiger partial charge in [0.2, 0.25) is 0 Å². The van der Waals surface area contributed by atoms with Crippen molar-refractivity contribution in [3.05, 3.63) is 70.0 Å². The average Bonchev–Trinajstić information content (AvgIpc) is 2.37. The predicted molar refractivity (Wildman–Crippen MR) is 77.7 cm³/mol. The average molecular weight is 314 g/mol. The van der Waals surface area contributed by atoms with Crippen LogP contribution in [0.2, 0.25) is 5.02 Å². The molecule has 2 rings (SSSR count). The topological polar surface area (TPSA) is 12.0 Å². The van der Waals surface area contributed by atoms with E-state index in [9.17, 15) is 13.2 Å². The highest BCUT2D eigenvalue weighted by molar-refractivity contribution is 6.31. The Kier molecular flexibility index (Phi) is 4.91. The standard InChI is InChI=1S/C16H15ClF3N/c1-9(12-7-6-11(18)8-13(12)17)21-10(2)16-14(19)4-3-5-15(16)20/h3-10,21H,1-2H3. The third-order valence-electron chi connectivity index (χ3n) is 3.36. The monoisotopic (exact) mass is 313 g/mol. The second-order valence-corrected chi connectivity index (χ2v) is 5.32. The fourth-order valence-corrected chi connectivity index (χ4v) is 2.66. The third-order valence-corrected chi connectivity index (χ3v) is 3.69. The van der Waals surface area contributed by atoms with E-state index < -0.39 is 23.5 Å². The summed E-state index contributed by atoms with van der Waals surface area (Å²) in [5.74, 6) is -1.64. The Morgan fingerprint density at radius 2 is 1.57 bits per heavy atom. The molecule has 2 aromatic carbocycles. The molecule has 0 aliphatic rings. The molecule has 0 spiro atoms. The van der Waals surface area contributed by atoms with Crippen molar-refractivity contribution in [3.63, 3.8) is 0 Å². The maximum Gasteiger partial charge on any atom is 0.130 e. The second kappa shape index (κ2) is 6.50. The largest absolute Gasteiger partial charge is 0.303 e. The van der Waals surface area contributed by atoms with Gasteiger partial charge in [-0.1, -0.05) is 23.7 Å². The van der Waals surface area contributed by atoms with Gasteiger partial charge in [0.25, 0.3) is 0 Å². The van der Waals surface area contributed by atoms with E-state index in [4.69, 9.17) is 11.6 Å².